The molecule has 0 N–H and O–H groups in total. The van der Waals surface area contributed by atoms with Crippen molar-refractivity contribution in [2.75, 3.05) is 0 Å². The fourth-order valence-electron chi connectivity index (χ4n) is 2.13. The zero-order valence-electron chi connectivity index (χ0n) is 12.4. The van der Waals surface area contributed by atoms with E-state index in [0.29, 0.717) is 26.0 Å². The molecule has 4 nitrogen and oxygen atoms in total. The second-order valence-corrected chi connectivity index (χ2v) is 7.69. The lowest BCUT2D eigenvalue weighted by molar-refractivity contribution is 0.0994. The number of thiophene rings is 1. The highest BCUT2D eigenvalue weighted by atomic mass is 35.5. The van der Waals surface area contributed by atoms with Crippen LogP contribution >= 0.6 is 34.7 Å². The van der Waals surface area contributed by atoms with Gasteiger partial charge in [0.15, 0.2) is 10.9 Å². The predicted octanol–water partition coefficient (Wildman–Crippen LogP) is 4.01. The molecule has 23 heavy (non-hydrogen) atoms. The lowest BCUT2D eigenvalue weighted by atomic mass is 10.1. The molecular weight excluding hydrogens is 352 g/mol. The Kier molecular flexibility index (Phi) is 4.57. The number of halogens is 1. The molecule has 2 aromatic heterocycles. The van der Waals surface area contributed by atoms with E-state index in [1.807, 2.05) is 18.4 Å². The smallest absolute Gasteiger partial charge is 0.271 e. The molecule has 0 radical (unpaired) electrons. The van der Waals surface area contributed by atoms with Crippen molar-refractivity contribution in [1.82, 2.24) is 9.55 Å². The van der Waals surface area contributed by atoms with Gasteiger partial charge in [0.1, 0.15) is 4.70 Å². The number of benzene rings is 1. The molecular formula is C16H13ClN2O2S2. The molecule has 0 bridgehead atoms. The number of carbonyl (C=O) groups excluding carboxylic acids is 1. The number of rotatable bonds is 4. The van der Waals surface area contributed by atoms with Crippen molar-refractivity contribution in [3.05, 3.63) is 56.7 Å². The molecule has 3 rings (SSSR count). The minimum atomic E-state index is -0.356. The average Bonchev–Trinajstić information content (AvgIpc) is 3.00. The Balaban J connectivity index is 1.89. The van der Waals surface area contributed by atoms with Gasteiger partial charge in [-0.25, -0.2) is 4.98 Å². The highest BCUT2D eigenvalue weighted by molar-refractivity contribution is 8.00. The van der Waals surface area contributed by atoms with E-state index >= 15 is 0 Å². The monoisotopic (exact) mass is 364 g/mol. The fourth-order valence-corrected chi connectivity index (χ4v) is 4.02. The molecule has 1 atom stereocenters. The van der Waals surface area contributed by atoms with Gasteiger partial charge in [-0.3, -0.25) is 14.2 Å². The Morgan fingerprint density at radius 3 is 2.70 bits per heavy atom. The van der Waals surface area contributed by atoms with Crippen LogP contribution in [0.15, 0.2) is 45.7 Å². The summed E-state index contributed by atoms with van der Waals surface area (Å²) in [6, 6.07) is 8.61. The van der Waals surface area contributed by atoms with E-state index in [9.17, 15) is 9.59 Å². The summed E-state index contributed by atoms with van der Waals surface area (Å²) in [7, 11) is 1.68. The molecule has 0 saturated heterocycles. The Bertz CT molecular complexity index is 931. The highest BCUT2D eigenvalue weighted by Gasteiger charge is 2.19. The molecule has 0 aliphatic rings. The van der Waals surface area contributed by atoms with Crippen molar-refractivity contribution in [2.24, 2.45) is 7.05 Å². The third-order valence-electron chi connectivity index (χ3n) is 3.43. The van der Waals surface area contributed by atoms with Crippen LogP contribution in [0, 0.1) is 0 Å². The van der Waals surface area contributed by atoms with Crippen molar-refractivity contribution in [3.63, 3.8) is 0 Å². The van der Waals surface area contributed by atoms with Gasteiger partial charge in [-0.1, -0.05) is 23.4 Å². The first-order chi connectivity index (χ1) is 11.0. The van der Waals surface area contributed by atoms with Crippen molar-refractivity contribution >= 4 is 50.7 Å². The zero-order valence-corrected chi connectivity index (χ0v) is 14.8. The molecule has 2 heterocycles. The van der Waals surface area contributed by atoms with Crippen LogP contribution in [0.3, 0.4) is 0 Å². The number of ketones is 1. The summed E-state index contributed by atoms with van der Waals surface area (Å²) < 4.78 is 2.13. The number of thioether (sulfide) groups is 1. The quantitative estimate of drug-likeness (QED) is 0.398. The van der Waals surface area contributed by atoms with Crippen LogP contribution in [0.2, 0.25) is 5.02 Å². The first kappa shape index (κ1) is 16.2. The zero-order chi connectivity index (χ0) is 16.6. The van der Waals surface area contributed by atoms with E-state index in [4.69, 9.17) is 11.6 Å². The molecule has 0 amide bonds. The van der Waals surface area contributed by atoms with Gasteiger partial charge in [-0.15, -0.1) is 11.3 Å². The van der Waals surface area contributed by atoms with Gasteiger partial charge in [0.2, 0.25) is 0 Å². The topological polar surface area (TPSA) is 52.0 Å². The van der Waals surface area contributed by atoms with E-state index in [-0.39, 0.29) is 16.6 Å². The number of hydrogen-bond acceptors (Lipinski definition) is 5. The molecule has 3 aromatic rings. The van der Waals surface area contributed by atoms with Crippen LogP contribution in [0.4, 0.5) is 0 Å². The molecule has 0 saturated carbocycles. The van der Waals surface area contributed by atoms with Gasteiger partial charge in [0.25, 0.3) is 5.56 Å². The molecule has 0 aliphatic heterocycles. The Labute approximate surface area is 146 Å². The summed E-state index contributed by atoms with van der Waals surface area (Å²) in [5.41, 5.74) is 1.18. The van der Waals surface area contributed by atoms with Gasteiger partial charge in [-0.05, 0) is 42.6 Å². The molecule has 7 heteroatoms. The maximum atomic E-state index is 12.5. The summed E-state index contributed by atoms with van der Waals surface area (Å²) in [6.45, 7) is 1.81. The summed E-state index contributed by atoms with van der Waals surface area (Å²) in [5, 5.41) is 2.62. The third-order valence-corrected chi connectivity index (χ3v) is 5.71. The number of fused-ring (bicyclic) bond motifs is 1. The van der Waals surface area contributed by atoms with Gasteiger partial charge in [-0.2, -0.15) is 0 Å². The lowest BCUT2D eigenvalue weighted by Crippen LogP contribution is -2.21. The summed E-state index contributed by atoms with van der Waals surface area (Å²) in [6.07, 6.45) is 0. The SMILES string of the molecule is C[C@@H](Sc1nc2ccsc2c(=O)n1C)C(=O)c1ccc(Cl)cc1. The van der Waals surface area contributed by atoms with Gasteiger partial charge in [0, 0.05) is 17.6 Å². The van der Waals surface area contributed by atoms with Gasteiger partial charge in [0.05, 0.1) is 10.8 Å². The van der Waals surface area contributed by atoms with E-state index < -0.39 is 0 Å². The van der Waals surface area contributed by atoms with E-state index in [2.05, 4.69) is 4.98 Å². The normalized spacial score (nSPS) is 12.5. The predicted molar refractivity (Wildman–Crippen MR) is 96.0 cm³/mol. The summed E-state index contributed by atoms with van der Waals surface area (Å²) in [5.74, 6) is -0.0219. The second kappa shape index (κ2) is 6.47. The standard InChI is InChI=1S/C16H13ClN2O2S2/c1-9(13(20)10-3-5-11(17)6-4-10)23-16-18-12-7-8-22-14(12)15(21)19(16)2/h3-9H,1-2H3/t9-/m1/s1. The molecule has 1 aromatic carbocycles. The Morgan fingerprint density at radius 1 is 1.30 bits per heavy atom. The van der Waals surface area contributed by atoms with Gasteiger partial charge >= 0.3 is 0 Å². The van der Waals surface area contributed by atoms with Crippen LogP contribution in [0.1, 0.15) is 17.3 Å². The Morgan fingerprint density at radius 2 is 2.00 bits per heavy atom. The fraction of sp³-hybridized carbons (Fsp3) is 0.188. The maximum Gasteiger partial charge on any atom is 0.271 e. The number of carbonyl (C=O) groups is 1. The summed E-state index contributed by atoms with van der Waals surface area (Å²) in [4.78, 5) is 29.3. The van der Waals surface area contributed by atoms with E-state index in [0.717, 1.165) is 0 Å². The van der Waals surface area contributed by atoms with E-state index in [1.54, 1.807) is 31.3 Å². The van der Waals surface area contributed by atoms with E-state index in [1.165, 1.54) is 27.7 Å². The van der Waals surface area contributed by atoms with Crippen molar-refractivity contribution in [2.45, 2.75) is 17.3 Å². The molecule has 0 unspecified atom stereocenters. The molecule has 0 aliphatic carbocycles. The minimum Gasteiger partial charge on any atom is -0.293 e. The van der Waals surface area contributed by atoms with Gasteiger partial charge < -0.3 is 0 Å². The van der Waals surface area contributed by atoms with Crippen molar-refractivity contribution in [1.29, 1.82) is 0 Å². The largest absolute Gasteiger partial charge is 0.293 e. The number of nitrogens with zero attached hydrogens (tertiary/aromatic N) is 2. The lowest BCUT2D eigenvalue weighted by Gasteiger charge is -2.12. The van der Waals surface area contributed by atoms with Crippen LogP contribution in [0.25, 0.3) is 10.2 Å². The van der Waals surface area contributed by atoms with Crippen LogP contribution in [-0.4, -0.2) is 20.6 Å². The third kappa shape index (κ3) is 3.20. The molecule has 0 fully saturated rings. The molecule has 0 spiro atoms. The van der Waals surface area contributed by atoms with Crippen LogP contribution < -0.4 is 5.56 Å². The van der Waals surface area contributed by atoms with Crippen molar-refractivity contribution in [3.8, 4) is 0 Å². The second-order valence-electron chi connectivity index (χ2n) is 5.02. The highest BCUT2D eigenvalue weighted by Crippen LogP contribution is 2.26. The number of Topliss-reactive ketones (excluding diaryl/α,β-unsaturated/α-hetero) is 1. The number of hydrogen-bond donors (Lipinski definition) is 0. The summed E-state index contributed by atoms with van der Waals surface area (Å²) >= 11 is 8.50. The number of aromatic nitrogens is 2. The maximum absolute atomic E-state index is 12.5. The Hall–Kier alpha value is -1.63. The first-order valence-electron chi connectivity index (χ1n) is 6.88. The van der Waals surface area contributed by atoms with Crippen LogP contribution in [-0.2, 0) is 7.05 Å². The average molecular weight is 365 g/mol. The van der Waals surface area contributed by atoms with Crippen molar-refractivity contribution < 1.29 is 4.79 Å². The minimum absolute atomic E-state index is 0.0219. The van der Waals surface area contributed by atoms with Crippen LogP contribution in [0.5, 0.6) is 0 Å². The molecule has 118 valence electrons. The first-order valence-corrected chi connectivity index (χ1v) is 9.02.